The zero-order valence-electron chi connectivity index (χ0n) is 18.6. The lowest BCUT2D eigenvalue weighted by molar-refractivity contribution is 0.342. The molecule has 0 bridgehead atoms. The smallest absolute Gasteiger partial charge is 0.187 e. The van der Waals surface area contributed by atoms with E-state index in [2.05, 4.69) is 39.8 Å². The molecule has 6 nitrogen and oxygen atoms in total. The molecule has 2 unspecified atom stereocenters. The van der Waals surface area contributed by atoms with Gasteiger partial charge in [-0.3, -0.25) is 5.32 Å². The number of rotatable bonds is 7. The lowest BCUT2D eigenvalue weighted by Gasteiger charge is -2.12. The first kappa shape index (κ1) is 22.2. The highest BCUT2D eigenvalue weighted by Gasteiger charge is 2.44. The fraction of sp³-hybridized carbons (Fsp3) is 0.148. The van der Waals surface area contributed by atoms with E-state index in [1.54, 1.807) is 4.52 Å². The van der Waals surface area contributed by atoms with Crippen molar-refractivity contribution in [3.05, 3.63) is 106 Å². The molecule has 8 heteroatoms. The van der Waals surface area contributed by atoms with Gasteiger partial charge in [0, 0.05) is 22.7 Å². The number of hydrogen-bond donors (Lipinski definition) is 1. The Labute approximate surface area is 212 Å². The van der Waals surface area contributed by atoms with E-state index >= 15 is 0 Å². The number of epoxide rings is 1. The summed E-state index contributed by atoms with van der Waals surface area (Å²) < 4.78 is 7.64. The molecular formula is C27H21Cl2N5O. The van der Waals surface area contributed by atoms with Crippen LogP contribution < -0.4 is 5.32 Å². The molecule has 1 aliphatic rings. The summed E-state index contributed by atoms with van der Waals surface area (Å²) in [5.74, 6) is 0.660. The van der Waals surface area contributed by atoms with Crippen LogP contribution in [0, 0.1) is 0 Å². The maximum absolute atomic E-state index is 6.58. The van der Waals surface area contributed by atoms with E-state index in [0.29, 0.717) is 21.5 Å². The lowest BCUT2D eigenvalue weighted by Crippen LogP contribution is -2.21. The number of benzene rings is 3. The fourth-order valence-electron chi connectivity index (χ4n) is 4.19. The quantitative estimate of drug-likeness (QED) is 0.277. The van der Waals surface area contributed by atoms with Crippen LogP contribution in [-0.4, -0.2) is 32.6 Å². The maximum Gasteiger partial charge on any atom is 0.187 e. The molecule has 1 fully saturated rings. The van der Waals surface area contributed by atoms with Gasteiger partial charge in [-0.05, 0) is 41.8 Å². The molecule has 35 heavy (non-hydrogen) atoms. The Morgan fingerprint density at radius 3 is 2.43 bits per heavy atom. The molecule has 2 aromatic heterocycles. The molecule has 5 aromatic rings. The van der Waals surface area contributed by atoms with Crippen LogP contribution in [0.4, 0.5) is 0 Å². The average molecular weight is 502 g/mol. The largest absolute Gasteiger partial charge is 0.345 e. The predicted molar refractivity (Wildman–Crippen MR) is 137 cm³/mol. The summed E-state index contributed by atoms with van der Waals surface area (Å²) in [7, 11) is 0. The van der Waals surface area contributed by atoms with E-state index in [1.165, 1.54) is 5.56 Å². The van der Waals surface area contributed by atoms with Crippen molar-refractivity contribution < 1.29 is 4.74 Å². The van der Waals surface area contributed by atoms with Crippen LogP contribution in [0.25, 0.3) is 28.0 Å². The topological polar surface area (TPSA) is 67.6 Å². The van der Waals surface area contributed by atoms with Crippen LogP contribution in [0.15, 0.2) is 84.9 Å². The predicted octanol–water partition coefficient (Wildman–Crippen LogP) is 5.99. The van der Waals surface area contributed by atoms with Crippen molar-refractivity contribution in [3.63, 3.8) is 0 Å². The van der Waals surface area contributed by atoms with Crippen LogP contribution in [-0.2, 0) is 11.2 Å². The summed E-state index contributed by atoms with van der Waals surface area (Å²) in [6, 6.07) is 27.7. The van der Waals surface area contributed by atoms with Crippen LogP contribution in [0.5, 0.6) is 0 Å². The first-order valence-electron chi connectivity index (χ1n) is 11.4. The van der Waals surface area contributed by atoms with Crippen molar-refractivity contribution in [2.45, 2.75) is 18.8 Å². The molecular weight excluding hydrogens is 481 g/mol. The van der Waals surface area contributed by atoms with E-state index in [1.807, 2.05) is 60.7 Å². The number of aromatic nitrogens is 4. The molecule has 174 valence electrons. The SMILES string of the molecule is Clc1ccc(-c2cc3nnc(C4OC4NCCc4ccccc4)n3nc2-c2ccccc2Cl)cc1. The fourth-order valence-corrected chi connectivity index (χ4v) is 4.55. The zero-order chi connectivity index (χ0) is 23.8. The second-order valence-corrected chi connectivity index (χ2v) is 9.23. The molecule has 1 aliphatic heterocycles. The van der Waals surface area contributed by atoms with Gasteiger partial charge in [-0.15, -0.1) is 10.2 Å². The van der Waals surface area contributed by atoms with Gasteiger partial charge in [-0.25, -0.2) is 0 Å². The van der Waals surface area contributed by atoms with E-state index in [4.69, 9.17) is 33.0 Å². The van der Waals surface area contributed by atoms with Crippen LogP contribution in [0.2, 0.25) is 10.0 Å². The third-order valence-corrected chi connectivity index (χ3v) is 6.63. The third-order valence-electron chi connectivity index (χ3n) is 6.05. The van der Waals surface area contributed by atoms with Crippen molar-refractivity contribution in [2.75, 3.05) is 6.54 Å². The average Bonchev–Trinajstić information content (AvgIpc) is 3.53. The molecule has 0 radical (unpaired) electrons. The van der Waals surface area contributed by atoms with Gasteiger partial charge < -0.3 is 4.74 Å². The van der Waals surface area contributed by atoms with E-state index < -0.39 is 0 Å². The van der Waals surface area contributed by atoms with Gasteiger partial charge in [0.2, 0.25) is 0 Å². The summed E-state index contributed by atoms with van der Waals surface area (Å²) in [6.45, 7) is 0.806. The molecule has 2 atom stereocenters. The first-order chi connectivity index (χ1) is 17.2. The summed E-state index contributed by atoms with van der Waals surface area (Å²) >= 11 is 12.7. The standard InChI is InChI=1S/C27H21Cl2N5O/c28-19-12-10-18(11-13-19)21-16-23-31-32-26(34(23)33-24(21)20-8-4-5-9-22(20)29)25-27(35-25)30-15-14-17-6-2-1-3-7-17/h1-13,16,25,27,30H,14-15H2. The van der Waals surface area contributed by atoms with E-state index in [9.17, 15) is 0 Å². The number of nitrogens with one attached hydrogen (secondary N) is 1. The van der Waals surface area contributed by atoms with Crippen molar-refractivity contribution in [2.24, 2.45) is 0 Å². The Morgan fingerprint density at radius 1 is 0.857 bits per heavy atom. The summed E-state index contributed by atoms with van der Waals surface area (Å²) in [6.07, 6.45) is 0.592. The molecule has 1 saturated heterocycles. The molecule has 0 aliphatic carbocycles. The van der Waals surface area contributed by atoms with Crippen LogP contribution >= 0.6 is 23.2 Å². The number of nitrogens with zero attached hydrogens (tertiary/aromatic N) is 4. The second kappa shape index (κ2) is 9.40. The lowest BCUT2D eigenvalue weighted by atomic mass is 10.00. The molecule has 1 N–H and O–H groups in total. The Hall–Kier alpha value is -3.29. The molecule has 3 aromatic carbocycles. The van der Waals surface area contributed by atoms with E-state index in [-0.39, 0.29) is 12.3 Å². The van der Waals surface area contributed by atoms with Gasteiger partial charge in [0.05, 0.1) is 5.02 Å². The van der Waals surface area contributed by atoms with Gasteiger partial charge in [-0.2, -0.15) is 9.61 Å². The Balaban J connectivity index is 1.32. The molecule has 3 heterocycles. The molecule has 6 rings (SSSR count). The van der Waals surface area contributed by atoms with Crippen molar-refractivity contribution >= 4 is 28.8 Å². The monoisotopic (exact) mass is 501 g/mol. The van der Waals surface area contributed by atoms with Gasteiger partial charge in [0.15, 0.2) is 17.6 Å². The van der Waals surface area contributed by atoms with Crippen molar-refractivity contribution in [1.29, 1.82) is 0 Å². The van der Waals surface area contributed by atoms with Gasteiger partial charge in [0.1, 0.15) is 11.9 Å². The van der Waals surface area contributed by atoms with Crippen molar-refractivity contribution in [3.8, 4) is 22.4 Å². The zero-order valence-corrected chi connectivity index (χ0v) is 20.1. The number of hydrogen-bond acceptors (Lipinski definition) is 5. The third kappa shape index (κ3) is 4.54. The summed E-state index contributed by atoms with van der Waals surface area (Å²) in [5, 5.41) is 18.5. The second-order valence-electron chi connectivity index (χ2n) is 8.39. The van der Waals surface area contributed by atoms with Crippen molar-refractivity contribution in [1.82, 2.24) is 25.1 Å². The number of fused-ring (bicyclic) bond motifs is 1. The summed E-state index contributed by atoms with van der Waals surface area (Å²) in [5.41, 5.74) is 5.35. The molecule has 0 amide bonds. The van der Waals surface area contributed by atoms with E-state index in [0.717, 1.165) is 35.3 Å². The van der Waals surface area contributed by atoms with Gasteiger partial charge in [-0.1, -0.05) is 83.9 Å². The molecule has 0 saturated carbocycles. The highest BCUT2D eigenvalue weighted by Crippen LogP contribution is 2.38. The van der Waals surface area contributed by atoms with Crippen LogP contribution in [0.1, 0.15) is 17.5 Å². The minimum absolute atomic E-state index is 0.118. The number of halogens is 2. The minimum Gasteiger partial charge on any atom is -0.345 e. The van der Waals surface area contributed by atoms with Gasteiger partial charge >= 0.3 is 0 Å². The first-order valence-corrected chi connectivity index (χ1v) is 12.1. The molecule has 0 spiro atoms. The highest BCUT2D eigenvalue weighted by atomic mass is 35.5. The Kier molecular flexibility index (Phi) is 5.96. The Bertz CT molecular complexity index is 1490. The minimum atomic E-state index is -0.214. The highest BCUT2D eigenvalue weighted by molar-refractivity contribution is 6.33. The maximum atomic E-state index is 6.58. The normalized spacial score (nSPS) is 17.1. The summed E-state index contributed by atoms with van der Waals surface area (Å²) in [4.78, 5) is 0. The van der Waals surface area contributed by atoms with Gasteiger partial charge in [0.25, 0.3) is 0 Å². The Morgan fingerprint density at radius 2 is 1.63 bits per heavy atom. The van der Waals surface area contributed by atoms with Crippen LogP contribution in [0.3, 0.4) is 0 Å². The number of ether oxygens (including phenoxy) is 1.